The van der Waals surface area contributed by atoms with Gasteiger partial charge in [0.15, 0.2) is 15.7 Å². The SMILES string of the molecule is CCON=C(C)c1ccc(S(C)(=O)=O)c(-n2c(C)nn(-c3ccccc3)c2=O)n1. The number of aromatic nitrogens is 4. The number of aryl methyl sites for hydroxylation is 1. The highest BCUT2D eigenvalue weighted by molar-refractivity contribution is 7.90. The van der Waals surface area contributed by atoms with E-state index in [1.807, 2.05) is 6.07 Å². The van der Waals surface area contributed by atoms with E-state index in [4.69, 9.17) is 4.84 Å². The van der Waals surface area contributed by atoms with Gasteiger partial charge in [0, 0.05) is 6.26 Å². The third-order valence-electron chi connectivity index (χ3n) is 4.09. The normalized spacial score (nSPS) is 12.2. The summed E-state index contributed by atoms with van der Waals surface area (Å²) in [5.41, 5.74) is 0.877. The Labute approximate surface area is 168 Å². The second-order valence-electron chi connectivity index (χ2n) is 6.30. The van der Waals surface area contributed by atoms with E-state index in [0.717, 1.165) is 6.26 Å². The Morgan fingerprint density at radius 2 is 1.86 bits per heavy atom. The first-order valence-corrected chi connectivity index (χ1v) is 10.8. The van der Waals surface area contributed by atoms with E-state index in [1.165, 1.54) is 21.4 Å². The molecule has 0 radical (unpaired) electrons. The van der Waals surface area contributed by atoms with E-state index in [-0.39, 0.29) is 10.7 Å². The van der Waals surface area contributed by atoms with Gasteiger partial charge in [-0.3, -0.25) is 0 Å². The van der Waals surface area contributed by atoms with Crippen LogP contribution in [0.3, 0.4) is 0 Å². The van der Waals surface area contributed by atoms with Gasteiger partial charge in [0.05, 0.1) is 11.4 Å². The topological polar surface area (TPSA) is 108 Å². The van der Waals surface area contributed by atoms with Gasteiger partial charge in [-0.15, -0.1) is 5.10 Å². The van der Waals surface area contributed by atoms with Gasteiger partial charge in [-0.25, -0.2) is 22.8 Å². The maximum Gasteiger partial charge on any atom is 0.356 e. The lowest BCUT2D eigenvalue weighted by atomic mass is 10.2. The van der Waals surface area contributed by atoms with Gasteiger partial charge in [-0.05, 0) is 45.0 Å². The van der Waals surface area contributed by atoms with Gasteiger partial charge in [0.1, 0.15) is 23.0 Å². The lowest BCUT2D eigenvalue weighted by molar-refractivity contribution is 0.159. The molecule has 0 spiro atoms. The molecule has 9 nitrogen and oxygen atoms in total. The fraction of sp³-hybridized carbons (Fsp3) is 0.263. The third-order valence-corrected chi connectivity index (χ3v) is 5.21. The van der Waals surface area contributed by atoms with Crippen LogP contribution in [0.5, 0.6) is 0 Å². The van der Waals surface area contributed by atoms with E-state index >= 15 is 0 Å². The summed E-state index contributed by atoms with van der Waals surface area (Å²) in [5, 5.41) is 8.22. The summed E-state index contributed by atoms with van der Waals surface area (Å²) in [6.07, 6.45) is 1.07. The zero-order valence-corrected chi connectivity index (χ0v) is 17.3. The quantitative estimate of drug-likeness (QED) is 0.449. The van der Waals surface area contributed by atoms with Crippen LogP contribution < -0.4 is 5.69 Å². The van der Waals surface area contributed by atoms with Crippen LogP contribution in [-0.4, -0.2) is 46.3 Å². The summed E-state index contributed by atoms with van der Waals surface area (Å²) in [4.78, 5) is 22.5. The van der Waals surface area contributed by atoms with Gasteiger partial charge in [0.2, 0.25) is 0 Å². The Bertz CT molecular complexity index is 1230. The number of nitrogens with zero attached hydrogens (tertiary/aromatic N) is 5. The summed E-state index contributed by atoms with van der Waals surface area (Å²) < 4.78 is 27.1. The van der Waals surface area contributed by atoms with Crippen molar-refractivity contribution >= 4 is 15.5 Å². The average Bonchev–Trinajstić information content (AvgIpc) is 2.99. The third kappa shape index (κ3) is 4.11. The molecule has 0 fully saturated rings. The van der Waals surface area contributed by atoms with Crippen molar-refractivity contribution in [2.75, 3.05) is 12.9 Å². The number of oxime groups is 1. The lowest BCUT2D eigenvalue weighted by Gasteiger charge is -2.10. The maximum atomic E-state index is 13.1. The molecule has 0 unspecified atom stereocenters. The molecule has 29 heavy (non-hydrogen) atoms. The zero-order valence-electron chi connectivity index (χ0n) is 16.5. The average molecular weight is 415 g/mol. The van der Waals surface area contributed by atoms with E-state index in [0.29, 0.717) is 29.5 Å². The van der Waals surface area contributed by atoms with E-state index < -0.39 is 15.5 Å². The number of sulfone groups is 1. The molecule has 0 amide bonds. The monoisotopic (exact) mass is 415 g/mol. The van der Waals surface area contributed by atoms with Crippen molar-refractivity contribution in [3.8, 4) is 11.5 Å². The van der Waals surface area contributed by atoms with Crippen molar-refractivity contribution in [3.63, 3.8) is 0 Å². The molecule has 0 N–H and O–H groups in total. The second-order valence-corrected chi connectivity index (χ2v) is 8.28. The number of benzene rings is 1. The molecule has 2 aromatic heterocycles. The van der Waals surface area contributed by atoms with Crippen molar-refractivity contribution in [3.05, 3.63) is 64.5 Å². The first kappa shape index (κ1) is 20.5. The van der Waals surface area contributed by atoms with E-state index in [9.17, 15) is 13.2 Å². The minimum atomic E-state index is -3.66. The number of hydrogen-bond acceptors (Lipinski definition) is 7. The summed E-state index contributed by atoms with van der Waals surface area (Å²) in [5.74, 6) is 0.272. The first-order valence-electron chi connectivity index (χ1n) is 8.86. The predicted molar refractivity (Wildman–Crippen MR) is 109 cm³/mol. The Kier molecular flexibility index (Phi) is 5.64. The van der Waals surface area contributed by atoms with Gasteiger partial charge in [-0.2, -0.15) is 4.68 Å². The standard InChI is InChI=1S/C19H21N5O4S/c1-5-28-22-13(2)16-11-12-17(29(4,26)27)18(20-16)23-14(3)21-24(19(23)25)15-9-7-6-8-10-15/h6-12H,5H2,1-4H3. The number of pyridine rings is 1. The molecule has 3 aromatic rings. The molecule has 152 valence electrons. The molecule has 0 saturated heterocycles. The largest absolute Gasteiger partial charge is 0.396 e. The van der Waals surface area contributed by atoms with E-state index in [1.54, 1.807) is 45.0 Å². The molecule has 3 rings (SSSR count). The van der Waals surface area contributed by atoms with Gasteiger partial charge < -0.3 is 4.84 Å². The lowest BCUT2D eigenvalue weighted by Crippen LogP contribution is -2.25. The molecule has 1 aromatic carbocycles. The summed E-state index contributed by atoms with van der Waals surface area (Å²) >= 11 is 0. The minimum Gasteiger partial charge on any atom is -0.396 e. The van der Waals surface area contributed by atoms with Crippen molar-refractivity contribution in [1.82, 2.24) is 19.3 Å². The molecule has 10 heteroatoms. The van der Waals surface area contributed by atoms with Crippen molar-refractivity contribution in [1.29, 1.82) is 0 Å². The van der Waals surface area contributed by atoms with Crippen LogP contribution in [0.1, 0.15) is 25.4 Å². The van der Waals surface area contributed by atoms with Gasteiger partial charge >= 0.3 is 5.69 Å². The van der Waals surface area contributed by atoms with Gasteiger partial charge in [-0.1, -0.05) is 23.4 Å². The summed E-state index contributed by atoms with van der Waals surface area (Å²) in [7, 11) is -3.66. The van der Waals surface area contributed by atoms with Crippen LogP contribution in [0.4, 0.5) is 0 Å². The van der Waals surface area contributed by atoms with Gasteiger partial charge in [0.25, 0.3) is 0 Å². The van der Waals surface area contributed by atoms with Crippen molar-refractivity contribution in [2.45, 2.75) is 25.7 Å². The van der Waals surface area contributed by atoms with Crippen LogP contribution >= 0.6 is 0 Å². The Morgan fingerprint density at radius 1 is 1.17 bits per heavy atom. The molecule has 0 aliphatic carbocycles. The molecule has 0 aliphatic heterocycles. The van der Waals surface area contributed by atoms with E-state index in [2.05, 4.69) is 15.2 Å². The summed E-state index contributed by atoms with van der Waals surface area (Å²) in [6, 6.07) is 11.8. The maximum absolute atomic E-state index is 13.1. The van der Waals surface area contributed by atoms with Crippen LogP contribution in [0, 0.1) is 6.92 Å². The Balaban J connectivity index is 2.27. The molecular formula is C19H21N5O4S. The van der Waals surface area contributed by atoms with Crippen molar-refractivity contribution in [2.24, 2.45) is 5.16 Å². The fourth-order valence-corrected chi connectivity index (χ4v) is 3.53. The predicted octanol–water partition coefficient (Wildman–Crippen LogP) is 1.89. The Hall–Kier alpha value is -3.27. The smallest absolute Gasteiger partial charge is 0.356 e. The molecule has 0 atom stereocenters. The fourth-order valence-electron chi connectivity index (χ4n) is 2.74. The molecule has 0 saturated carbocycles. The number of rotatable bonds is 6. The zero-order chi connectivity index (χ0) is 21.2. The van der Waals surface area contributed by atoms with Crippen LogP contribution in [0.2, 0.25) is 0 Å². The van der Waals surface area contributed by atoms with Crippen LogP contribution in [0.15, 0.2) is 57.3 Å². The highest BCUT2D eigenvalue weighted by atomic mass is 32.2. The van der Waals surface area contributed by atoms with Crippen LogP contribution in [-0.2, 0) is 14.7 Å². The second kappa shape index (κ2) is 8.00. The highest BCUT2D eigenvalue weighted by Gasteiger charge is 2.23. The van der Waals surface area contributed by atoms with Crippen molar-refractivity contribution < 1.29 is 13.3 Å². The molecule has 2 heterocycles. The summed E-state index contributed by atoms with van der Waals surface area (Å²) in [6.45, 7) is 5.48. The van der Waals surface area contributed by atoms with Crippen LogP contribution in [0.25, 0.3) is 11.5 Å². The number of hydrogen-bond donors (Lipinski definition) is 0. The molecule has 0 bridgehead atoms. The highest BCUT2D eigenvalue weighted by Crippen LogP contribution is 2.19. The minimum absolute atomic E-state index is 0.0271. The Morgan fingerprint density at radius 3 is 2.48 bits per heavy atom. The first-order chi connectivity index (χ1) is 13.7. The molecular weight excluding hydrogens is 394 g/mol. The molecule has 0 aliphatic rings. The number of para-hydroxylation sites is 1.